The fourth-order valence-corrected chi connectivity index (χ4v) is 4.10. The molecule has 0 saturated heterocycles. The summed E-state index contributed by atoms with van der Waals surface area (Å²) in [6.07, 6.45) is 2.87. The van der Waals surface area contributed by atoms with E-state index >= 15 is 0 Å². The number of hydrogen-bond acceptors (Lipinski definition) is 4. The van der Waals surface area contributed by atoms with E-state index in [0.717, 1.165) is 18.4 Å². The standard InChI is InChI=1S/C30H41N3O4/c1-7-15-22(3)31-27(34)26(24-18-13-10-14-19-24)33(20-8-2)28(35)25(21-23-16-11-9-12-17-23)32-29(36)37-30(4,5)6/h8-14,16-19,22,25-26H,2,7,15,20-21H2,1,3-6H3,(H,31,34)(H,32,36). The monoisotopic (exact) mass is 507 g/mol. The van der Waals surface area contributed by atoms with Crippen LogP contribution in [0.1, 0.15) is 64.6 Å². The molecule has 2 aromatic rings. The first kappa shape index (κ1) is 29.6. The summed E-state index contributed by atoms with van der Waals surface area (Å²) in [7, 11) is 0. The van der Waals surface area contributed by atoms with Gasteiger partial charge in [-0.1, -0.05) is 80.1 Å². The van der Waals surface area contributed by atoms with Gasteiger partial charge in [0.1, 0.15) is 17.7 Å². The molecule has 2 N–H and O–H groups in total. The molecule has 0 aliphatic heterocycles. The Morgan fingerprint density at radius 3 is 2.14 bits per heavy atom. The number of carbonyl (C=O) groups excluding carboxylic acids is 3. The van der Waals surface area contributed by atoms with Gasteiger partial charge in [-0.2, -0.15) is 0 Å². The van der Waals surface area contributed by atoms with Crippen molar-refractivity contribution in [1.82, 2.24) is 15.5 Å². The summed E-state index contributed by atoms with van der Waals surface area (Å²) in [4.78, 5) is 41.9. The van der Waals surface area contributed by atoms with Gasteiger partial charge in [0.2, 0.25) is 11.8 Å². The molecule has 7 heteroatoms. The van der Waals surface area contributed by atoms with E-state index in [1.165, 1.54) is 4.90 Å². The zero-order valence-corrected chi connectivity index (χ0v) is 22.7. The highest BCUT2D eigenvalue weighted by Gasteiger charge is 2.36. The number of nitrogens with one attached hydrogen (secondary N) is 2. The van der Waals surface area contributed by atoms with Gasteiger partial charge in [0, 0.05) is 19.0 Å². The molecule has 2 rings (SSSR count). The number of rotatable bonds is 12. The molecule has 0 bridgehead atoms. The van der Waals surface area contributed by atoms with E-state index in [2.05, 4.69) is 24.1 Å². The summed E-state index contributed by atoms with van der Waals surface area (Å²) in [5.41, 5.74) is 0.815. The molecular formula is C30H41N3O4. The second kappa shape index (κ2) is 14.2. The van der Waals surface area contributed by atoms with Crippen LogP contribution >= 0.6 is 0 Å². The minimum atomic E-state index is -0.954. The zero-order valence-electron chi connectivity index (χ0n) is 22.7. The SMILES string of the molecule is C=CCN(C(=O)C(Cc1ccccc1)NC(=O)OC(C)(C)C)C(C(=O)NC(C)CCC)c1ccccc1. The van der Waals surface area contributed by atoms with Gasteiger partial charge >= 0.3 is 6.09 Å². The van der Waals surface area contributed by atoms with Crippen LogP contribution in [0.4, 0.5) is 4.79 Å². The number of amides is 3. The Hall–Kier alpha value is -3.61. The largest absolute Gasteiger partial charge is 0.444 e. The fraction of sp³-hybridized carbons (Fsp3) is 0.433. The summed E-state index contributed by atoms with van der Waals surface area (Å²) in [5, 5.41) is 5.80. The van der Waals surface area contributed by atoms with Crippen LogP contribution in [0.15, 0.2) is 73.3 Å². The Kier molecular flexibility index (Phi) is 11.4. The molecule has 200 valence electrons. The van der Waals surface area contributed by atoms with E-state index in [1.54, 1.807) is 26.8 Å². The molecule has 0 aromatic heterocycles. The minimum absolute atomic E-state index is 0.0515. The number of hydrogen-bond donors (Lipinski definition) is 2. The summed E-state index contributed by atoms with van der Waals surface area (Å²) >= 11 is 0. The molecule has 7 nitrogen and oxygen atoms in total. The number of alkyl carbamates (subject to hydrolysis) is 1. The predicted molar refractivity (Wildman–Crippen MR) is 147 cm³/mol. The smallest absolute Gasteiger partial charge is 0.408 e. The van der Waals surface area contributed by atoms with Crippen LogP contribution in [0.3, 0.4) is 0 Å². The van der Waals surface area contributed by atoms with Crippen LogP contribution in [0.2, 0.25) is 0 Å². The average Bonchev–Trinajstić information content (AvgIpc) is 2.83. The van der Waals surface area contributed by atoms with E-state index in [1.807, 2.05) is 67.6 Å². The third-order valence-electron chi connectivity index (χ3n) is 5.67. The fourth-order valence-electron chi connectivity index (χ4n) is 4.10. The van der Waals surface area contributed by atoms with Crippen LogP contribution < -0.4 is 10.6 Å². The van der Waals surface area contributed by atoms with Gasteiger partial charge in [-0.05, 0) is 45.2 Å². The van der Waals surface area contributed by atoms with E-state index < -0.39 is 29.7 Å². The van der Waals surface area contributed by atoms with Gasteiger partial charge in [0.05, 0.1) is 0 Å². The van der Waals surface area contributed by atoms with Gasteiger partial charge in [0.15, 0.2) is 0 Å². The lowest BCUT2D eigenvalue weighted by molar-refractivity contribution is -0.142. The summed E-state index contributed by atoms with van der Waals surface area (Å²) < 4.78 is 5.45. The Morgan fingerprint density at radius 2 is 1.59 bits per heavy atom. The molecule has 3 amide bonds. The first-order valence-electron chi connectivity index (χ1n) is 12.9. The lowest BCUT2D eigenvalue weighted by atomic mass is 10.00. The van der Waals surface area contributed by atoms with Gasteiger partial charge in [-0.3, -0.25) is 9.59 Å². The molecule has 0 aliphatic carbocycles. The van der Waals surface area contributed by atoms with Crippen molar-refractivity contribution in [3.05, 3.63) is 84.4 Å². The molecule has 3 unspecified atom stereocenters. The van der Waals surface area contributed by atoms with Gasteiger partial charge < -0.3 is 20.3 Å². The zero-order chi connectivity index (χ0) is 27.4. The van der Waals surface area contributed by atoms with Crippen LogP contribution in [0.5, 0.6) is 0 Å². The average molecular weight is 508 g/mol. The maximum Gasteiger partial charge on any atom is 0.408 e. The van der Waals surface area contributed by atoms with Crippen LogP contribution in [0.25, 0.3) is 0 Å². The Labute approximate surface area is 221 Å². The maximum atomic E-state index is 14.1. The van der Waals surface area contributed by atoms with Crippen molar-refractivity contribution in [3.63, 3.8) is 0 Å². The molecule has 0 heterocycles. The molecule has 2 aromatic carbocycles. The summed E-state index contributed by atoms with van der Waals surface area (Å²) in [6, 6.07) is 16.7. The molecule has 0 radical (unpaired) electrons. The van der Waals surface area contributed by atoms with Crippen molar-refractivity contribution in [2.24, 2.45) is 0 Å². The number of carbonyl (C=O) groups is 3. The van der Waals surface area contributed by atoms with Gasteiger partial charge in [0.25, 0.3) is 0 Å². The first-order valence-corrected chi connectivity index (χ1v) is 12.9. The van der Waals surface area contributed by atoms with Gasteiger partial charge in [-0.15, -0.1) is 6.58 Å². The van der Waals surface area contributed by atoms with Crippen molar-refractivity contribution in [1.29, 1.82) is 0 Å². The minimum Gasteiger partial charge on any atom is -0.444 e. The Morgan fingerprint density at radius 1 is 1.00 bits per heavy atom. The Balaban J connectivity index is 2.47. The number of nitrogens with zero attached hydrogens (tertiary/aromatic N) is 1. The second-order valence-electron chi connectivity index (χ2n) is 10.2. The van der Waals surface area contributed by atoms with E-state index in [9.17, 15) is 14.4 Å². The third kappa shape index (κ3) is 9.75. The molecule has 0 fully saturated rings. The van der Waals surface area contributed by atoms with Crippen molar-refractivity contribution in [3.8, 4) is 0 Å². The quantitative estimate of drug-likeness (QED) is 0.388. The van der Waals surface area contributed by atoms with E-state index in [0.29, 0.717) is 5.56 Å². The number of ether oxygens (including phenoxy) is 1. The molecule has 3 atom stereocenters. The molecule has 0 saturated carbocycles. The van der Waals surface area contributed by atoms with Crippen molar-refractivity contribution >= 4 is 17.9 Å². The highest BCUT2D eigenvalue weighted by atomic mass is 16.6. The van der Waals surface area contributed by atoms with Crippen molar-refractivity contribution in [2.45, 2.75) is 77.6 Å². The summed E-state index contributed by atoms with van der Waals surface area (Å²) in [6.45, 7) is 13.2. The Bertz CT molecular complexity index is 1020. The second-order valence-corrected chi connectivity index (χ2v) is 10.2. The highest BCUT2D eigenvalue weighted by molar-refractivity contribution is 5.92. The van der Waals surface area contributed by atoms with Crippen molar-refractivity contribution < 1.29 is 19.1 Å². The van der Waals surface area contributed by atoms with Gasteiger partial charge in [-0.25, -0.2) is 4.79 Å². The van der Waals surface area contributed by atoms with Crippen LogP contribution in [-0.2, 0) is 20.7 Å². The predicted octanol–water partition coefficient (Wildman–Crippen LogP) is 5.18. The molecule has 37 heavy (non-hydrogen) atoms. The first-order chi connectivity index (χ1) is 17.6. The molecule has 0 aliphatic rings. The lowest BCUT2D eigenvalue weighted by Crippen LogP contribution is -2.54. The summed E-state index contributed by atoms with van der Waals surface area (Å²) in [5.74, 6) is -0.681. The van der Waals surface area contributed by atoms with Crippen LogP contribution in [0, 0.1) is 0 Å². The van der Waals surface area contributed by atoms with E-state index in [4.69, 9.17) is 4.74 Å². The lowest BCUT2D eigenvalue weighted by Gasteiger charge is -2.34. The van der Waals surface area contributed by atoms with Crippen molar-refractivity contribution in [2.75, 3.05) is 6.54 Å². The molecular weight excluding hydrogens is 466 g/mol. The number of benzene rings is 2. The molecule has 0 spiro atoms. The highest BCUT2D eigenvalue weighted by Crippen LogP contribution is 2.24. The maximum absolute atomic E-state index is 14.1. The van der Waals surface area contributed by atoms with E-state index in [-0.39, 0.29) is 24.9 Å². The van der Waals surface area contributed by atoms with Crippen LogP contribution in [-0.4, -0.2) is 47.0 Å². The third-order valence-corrected chi connectivity index (χ3v) is 5.67. The normalized spacial score (nSPS) is 13.5. The topological polar surface area (TPSA) is 87.7 Å².